The zero-order valence-electron chi connectivity index (χ0n) is 18.8. The van der Waals surface area contributed by atoms with Crippen LogP contribution in [0.3, 0.4) is 0 Å². The summed E-state index contributed by atoms with van der Waals surface area (Å²) in [5, 5.41) is 0. The van der Waals surface area contributed by atoms with E-state index < -0.39 is 29.6 Å². The fourth-order valence-corrected chi connectivity index (χ4v) is 8.44. The summed E-state index contributed by atoms with van der Waals surface area (Å²) in [5.41, 5.74) is 0. The van der Waals surface area contributed by atoms with Crippen molar-refractivity contribution in [1.29, 1.82) is 0 Å². The molecule has 0 radical (unpaired) electrons. The van der Waals surface area contributed by atoms with E-state index in [4.69, 9.17) is 19.0 Å². The summed E-state index contributed by atoms with van der Waals surface area (Å²) in [6.45, 7) is -0.348. The van der Waals surface area contributed by atoms with Crippen molar-refractivity contribution in [3.05, 3.63) is 0 Å². The number of ether oxygens (including phenoxy) is 1. The maximum atomic E-state index is 11.9. The van der Waals surface area contributed by atoms with Crippen molar-refractivity contribution in [3.63, 3.8) is 0 Å². The second kappa shape index (κ2) is 12.1. The van der Waals surface area contributed by atoms with Crippen molar-refractivity contribution >= 4 is 23.5 Å². The highest BCUT2D eigenvalue weighted by molar-refractivity contribution is 7.66. The van der Waals surface area contributed by atoms with Crippen molar-refractivity contribution in [2.75, 3.05) is 6.61 Å². The van der Waals surface area contributed by atoms with Crippen LogP contribution in [0, 0.1) is 17.8 Å². The van der Waals surface area contributed by atoms with Crippen molar-refractivity contribution < 1.29 is 51.2 Å². The van der Waals surface area contributed by atoms with E-state index in [0.29, 0.717) is 12.3 Å². The third kappa shape index (κ3) is 9.74. The van der Waals surface area contributed by atoms with Crippen molar-refractivity contribution in [2.24, 2.45) is 17.8 Å². The van der Waals surface area contributed by atoms with Crippen molar-refractivity contribution in [2.45, 2.75) is 95.7 Å². The number of rotatable bonds is 9. The maximum absolute atomic E-state index is 11.9. The summed E-state index contributed by atoms with van der Waals surface area (Å²) in [6.07, 6.45) is 15.4. The van der Waals surface area contributed by atoms with Gasteiger partial charge in [-0.05, 0) is 43.4 Å². The van der Waals surface area contributed by atoms with Gasteiger partial charge in [0.05, 0.1) is 18.8 Å². The SMILES string of the molecule is O=P(O)(O)OP(=O)(O)OP(=O)(O)OC[C@@H]1CC[C@H](C2CC(C3CCCCCCCCC3)C2)O1. The molecule has 2 aliphatic carbocycles. The number of hydrogen-bond donors (Lipinski definition) is 4. The molecule has 1 heterocycles. The third-order valence-electron chi connectivity index (χ3n) is 7.03. The number of phosphoric acid groups is 3. The van der Waals surface area contributed by atoms with Gasteiger partial charge in [-0.1, -0.05) is 57.8 Å². The Morgan fingerprint density at radius 1 is 0.667 bits per heavy atom. The third-order valence-corrected chi connectivity index (χ3v) is 10.8. The summed E-state index contributed by atoms with van der Waals surface area (Å²) < 4.78 is 52.1. The van der Waals surface area contributed by atoms with Crippen LogP contribution in [0.1, 0.15) is 83.5 Å². The van der Waals surface area contributed by atoms with Crippen LogP contribution in [0.2, 0.25) is 0 Å². The van der Waals surface area contributed by atoms with Gasteiger partial charge in [-0.15, -0.1) is 0 Å². The second-order valence-corrected chi connectivity index (χ2v) is 14.0. The first kappa shape index (κ1) is 27.9. The highest BCUT2D eigenvalue weighted by Gasteiger charge is 2.44. The largest absolute Gasteiger partial charge is 0.490 e. The molecule has 4 N–H and O–H groups in total. The highest BCUT2D eigenvalue weighted by atomic mass is 31.3. The monoisotopic (exact) mass is 534 g/mol. The summed E-state index contributed by atoms with van der Waals surface area (Å²) in [5.74, 6) is 2.04. The van der Waals surface area contributed by atoms with Crippen molar-refractivity contribution in [3.8, 4) is 0 Å². The lowest BCUT2D eigenvalue weighted by Crippen LogP contribution is -2.37. The van der Waals surface area contributed by atoms with Gasteiger partial charge in [0.25, 0.3) is 0 Å². The molecule has 0 aromatic carbocycles. The first-order chi connectivity index (χ1) is 15.4. The Labute approximate surface area is 195 Å². The Morgan fingerprint density at radius 2 is 1.24 bits per heavy atom. The molecule has 4 atom stereocenters. The van der Waals surface area contributed by atoms with Gasteiger partial charge in [0.15, 0.2) is 0 Å². The van der Waals surface area contributed by atoms with E-state index in [1.54, 1.807) is 0 Å². The van der Waals surface area contributed by atoms with E-state index in [0.717, 1.165) is 31.1 Å². The molecule has 0 amide bonds. The zero-order chi connectivity index (χ0) is 24.1. The molecule has 1 aliphatic heterocycles. The van der Waals surface area contributed by atoms with Crippen LogP contribution in [0.5, 0.6) is 0 Å². The fraction of sp³-hybridized carbons (Fsp3) is 1.00. The van der Waals surface area contributed by atoms with E-state index in [-0.39, 0.29) is 12.7 Å². The van der Waals surface area contributed by atoms with Crippen LogP contribution in [0.4, 0.5) is 0 Å². The van der Waals surface area contributed by atoms with Crippen LogP contribution in [0.15, 0.2) is 0 Å². The molecular formula is C19H37O11P3. The van der Waals surface area contributed by atoms with Gasteiger partial charge in [0.1, 0.15) is 0 Å². The van der Waals surface area contributed by atoms with Crippen LogP contribution < -0.4 is 0 Å². The lowest BCUT2D eigenvalue weighted by molar-refractivity contribution is -0.0554. The molecule has 3 rings (SSSR count). The molecule has 33 heavy (non-hydrogen) atoms. The quantitative estimate of drug-likeness (QED) is 0.292. The molecule has 2 saturated carbocycles. The Kier molecular flexibility index (Phi) is 10.2. The summed E-state index contributed by atoms with van der Waals surface area (Å²) in [7, 11) is -16.0. The topological polar surface area (TPSA) is 169 Å². The molecule has 0 bridgehead atoms. The van der Waals surface area contributed by atoms with Crippen LogP contribution in [0.25, 0.3) is 0 Å². The van der Waals surface area contributed by atoms with Gasteiger partial charge in [0, 0.05) is 0 Å². The van der Waals surface area contributed by atoms with Crippen LogP contribution in [-0.4, -0.2) is 38.4 Å². The van der Waals surface area contributed by atoms with E-state index in [1.165, 1.54) is 57.8 Å². The number of phosphoric ester groups is 1. The molecular weight excluding hydrogens is 497 g/mol. The molecule has 194 valence electrons. The smallest absolute Gasteiger partial charge is 0.372 e. The molecule has 0 aromatic rings. The van der Waals surface area contributed by atoms with Gasteiger partial charge in [-0.25, -0.2) is 13.7 Å². The molecule has 3 fully saturated rings. The summed E-state index contributed by atoms with van der Waals surface area (Å²) in [6, 6.07) is 0. The zero-order valence-corrected chi connectivity index (χ0v) is 21.5. The van der Waals surface area contributed by atoms with Gasteiger partial charge >= 0.3 is 23.5 Å². The minimum atomic E-state index is -5.49. The number of hydrogen-bond acceptors (Lipinski definition) is 7. The minimum absolute atomic E-state index is 0.0651. The lowest BCUT2D eigenvalue weighted by atomic mass is 9.64. The van der Waals surface area contributed by atoms with Gasteiger partial charge in [0.2, 0.25) is 0 Å². The summed E-state index contributed by atoms with van der Waals surface area (Å²) >= 11 is 0. The molecule has 0 spiro atoms. The molecule has 11 nitrogen and oxygen atoms in total. The first-order valence-electron chi connectivity index (χ1n) is 11.9. The Morgan fingerprint density at radius 3 is 1.82 bits per heavy atom. The van der Waals surface area contributed by atoms with Gasteiger partial charge in [-0.2, -0.15) is 8.62 Å². The van der Waals surface area contributed by atoms with Gasteiger partial charge in [-0.3, -0.25) is 4.52 Å². The first-order valence-corrected chi connectivity index (χ1v) is 16.4. The molecule has 3 aliphatic rings. The molecule has 14 heteroatoms. The Bertz CT molecular complexity index is 756. The minimum Gasteiger partial charge on any atom is -0.372 e. The maximum Gasteiger partial charge on any atom is 0.490 e. The predicted octanol–water partition coefficient (Wildman–Crippen LogP) is 5.04. The Balaban J connectivity index is 1.38. The Hall–Kier alpha value is 0.370. The average Bonchev–Trinajstić information content (AvgIpc) is 3.10. The summed E-state index contributed by atoms with van der Waals surface area (Å²) in [4.78, 5) is 35.9. The molecule has 2 unspecified atom stereocenters. The highest BCUT2D eigenvalue weighted by Crippen LogP contribution is 2.66. The van der Waals surface area contributed by atoms with E-state index in [1.807, 2.05) is 0 Å². The van der Waals surface area contributed by atoms with E-state index >= 15 is 0 Å². The normalized spacial score (nSPS) is 34.2. The fourth-order valence-electron chi connectivity index (χ4n) is 5.39. The standard InChI is InChI=1S/C19H37O11P3/c20-31(21,22)29-33(25,26)30-32(23,24)27-14-18-10-11-19(28-18)17-12-16(13-17)15-8-6-4-2-1-3-5-7-9-15/h15-19H,1-14H2,(H,23,24)(H,25,26)(H2,20,21,22)/t16?,17?,18-,19+/m0/s1. The van der Waals surface area contributed by atoms with Gasteiger partial charge < -0.3 is 24.3 Å². The predicted molar refractivity (Wildman–Crippen MR) is 119 cm³/mol. The van der Waals surface area contributed by atoms with Crippen LogP contribution >= 0.6 is 23.5 Å². The average molecular weight is 534 g/mol. The second-order valence-electron chi connectivity index (χ2n) is 9.56. The lowest BCUT2D eigenvalue weighted by Gasteiger charge is -2.43. The van der Waals surface area contributed by atoms with E-state index in [2.05, 4.69) is 8.62 Å². The van der Waals surface area contributed by atoms with Crippen LogP contribution in [-0.2, 0) is 31.6 Å². The van der Waals surface area contributed by atoms with Crippen molar-refractivity contribution in [1.82, 2.24) is 0 Å². The van der Waals surface area contributed by atoms with E-state index in [9.17, 15) is 23.5 Å². The molecule has 1 saturated heterocycles. The molecule has 0 aromatic heterocycles.